The van der Waals surface area contributed by atoms with Crippen LogP contribution in [-0.2, 0) is 7.05 Å². The normalized spacial score (nSPS) is 20.3. The zero-order valence-electron chi connectivity index (χ0n) is 16.8. The van der Waals surface area contributed by atoms with Gasteiger partial charge < -0.3 is 10.2 Å². The van der Waals surface area contributed by atoms with Gasteiger partial charge in [-0.05, 0) is 43.7 Å². The minimum atomic E-state index is 0.648. The summed E-state index contributed by atoms with van der Waals surface area (Å²) >= 11 is 0. The SMILES string of the molecule is Cc1ccc(Nc2nc(N3C[C@H](C)C[C@@H](C)C3)nc3c2cnn3C)c(C)c1. The van der Waals surface area contributed by atoms with E-state index in [0.29, 0.717) is 11.8 Å². The molecule has 0 aliphatic carbocycles. The molecular formula is C21H28N6. The summed E-state index contributed by atoms with van der Waals surface area (Å²) in [5.41, 5.74) is 4.38. The maximum Gasteiger partial charge on any atom is 0.229 e. The average Bonchev–Trinajstić information content (AvgIpc) is 2.98. The van der Waals surface area contributed by atoms with Crippen LogP contribution in [0.4, 0.5) is 17.5 Å². The predicted molar refractivity (Wildman–Crippen MR) is 111 cm³/mol. The fourth-order valence-electron chi connectivity index (χ4n) is 4.16. The first kappa shape index (κ1) is 17.8. The van der Waals surface area contributed by atoms with Gasteiger partial charge in [-0.2, -0.15) is 15.1 Å². The molecule has 1 aliphatic heterocycles. The van der Waals surface area contributed by atoms with Crippen molar-refractivity contribution in [2.45, 2.75) is 34.1 Å². The molecule has 142 valence electrons. The third-order valence-corrected chi connectivity index (χ3v) is 5.37. The van der Waals surface area contributed by atoms with E-state index in [-0.39, 0.29) is 0 Å². The first-order valence-corrected chi connectivity index (χ1v) is 9.69. The van der Waals surface area contributed by atoms with Gasteiger partial charge in [0.2, 0.25) is 5.95 Å². The zero-order valence-corrected chi connectivity index (χ0v) is 16.8. The number of anilines is 3. The summed E-state index contributed by atoms with van der Waals surface area (Å²) in [6.45, 7) is 10.8. The van der Waals surface area contributed by atoms with E-state index in [2.05, 4.69) is 61.2 Å². The van der Waals surface area contributed by atoms with Crippen molar-refractivity contribution >= 4 is 28.5 Å². The van der Waals surface area contributed by atoms with Crippen LogP contribution in [0.5, 0.6) is 0 Å². The van der Waals surface area contributed by atoms with Crippen molar-refractivity contribution in [2.75, 3.05) is 23.3 Å². The lowest BCUT2D eigenvalue weighted by molar-refractivity contribution is 0.354. The Morgan fingerprint density at radius 2 is 1.81 bits per heavy atom. The van der Waals surface area contributed by atoms with Gasteiger partial charge in [-0.1, -0.05) is 31.5 Å². The number of benzene rings is 1. The molecule has 3 heterocycles. The van der Waals surface area contributed by atoms with E-state index >= 15 is 0 Å². The maximum atomic E-state index is 4.92. The third kappa shape index (κ3) is 3.48. The molecule has 1 aromatic carbocycles. The molecular weight excluding hydrogens is 336 g/mol. The lowest BCUT2D eigenvalue weighted by Gasteiger charge is -2.35. The van der Waals surface area contributed by atoms with E-state index in [0.717, 1.165) is 41.6 Å². The molecule has 4 rings (SSSR count). The van der Waals surface area contributed by atoms with Crippen molar-refractivity contribution in [3.63, 3.8) is 0 Å². The van der Waals surface area contributed by atoms with Crippen LogP contribution in [0.25, 0.3) is 11.0 Å². The minimum absolute atomic E-state index is 0.648. The standard InChI is InChI=1S/C21H28N6/c1-13-6-7-18(16(4)9-13)23-19-17-10-22-26(5)20(17)25-21(24-19)27-11-14(2)8-15(3)12-27/h6-7,9-10,14-15H,8,11-12H2,1-5H3,(H,23,24,25)/t14-,15-/m1/s1. The number of hydrogen-bond acceptors (Lipinski definition) is 5. The first-order valence-electron chi connectivity index (χ1n) is 9.69. The fourth-order valence-corrected chi connectivity index (χ4v) is 4.16. The Morgan fingerprint density at radius 1 is 1.07 bits per heavy atom. The molecule has 0 unspecified atom stereocenters. The Labute approximate surface area is 160 Å². The van der Waals surface area contributed by atoms with Gasteiger partial charge in [-0.15, -0.1) is 0 Å². The first-order chi connectivity index (χ1) is 12.9. The highest BCUT2D eigenvalue weighted by Gasteiger charge is 2.25. The molecule has 0 spiro atoms. The van der Waals surface area contributed by atoms with Gasteiger partial charge in [0.1, 0.15) is 5.82 Å². The van der Waals surface area contributed by atoms with Crippen molar-refractivity contribution in [3.8, 4) is 0 Å². The Hall–Kier alpha value is -2.63. The molecule has 6 heteroatoms. The number of nitrogens with zero attached hydrogens (tertiary/aromatic N) is 5. The summed E-state index contributed by atoms with van der Waals surface area (Å²) in [4.78, 5) is 12.1. The van der Waals surface area contributed by atoms with E-state index in [4.69, 9.17) is 9.97 Å². The van der Waals surface area contributed by atoms with E-state index < -0.39 is 0 Å². The number of nitrogens with one attached hydrogen (secondary N) is 1. The van der Waals surface area contributed by atoms with Crippen LogP contribution >= 0.6 is 0 Å². The van der Waals surface area contributed by atoms with Crippen molar-refractivity contribution in [1.29, 1.82) is 0 Å². The maximum absolute atomic E-state index is 4.92. The Balaban J connectivity index is 1.77. The van der Waals surface area contributed by atoms with Gasteiger partial charge in [0, 0.05) is 25.8 Å². The van der Waals surface area contributed by atoms with Crippen LogP contribution in [0.1, 0.15) is 31.4 Å². The average molecular weight is 364 g/mol. The van der Waals surface area contributed by atoms with Crippen molar-refractivity contribution in [2.24, 2.45) is 18.9 Å². The highest BCUT2D eigenvalue weighted by atomic mass is 15.3. The summed E-state index contributed by atoms with van der Waals surface area (Å²) < 4.78 is 1.82. The largest absolute Gasteiger partial charge is 0.340 e. The lowest BCUT2D eigenvalue weighted by Crippen LogP contribution is -2.39. The number of piperidine rings is 1. The highest BCUT2D eigenvalue weighted by Crippen LogP contribution is 2.30. The second-order valence-corrected chi connectivity index (χ2v) is 8.17. The molecule has 3 aromatic rings. The second kappa shape index (κ2) is 6.83. The zero-order chi connectivity index (χ0) is 19.1. The number of aromatic nitrogens is 4. The lowest BCUT2D eigenvalue weighted by atomic mass is 9.92. The monoisotopic (exact) mass is 364 g/mol. The van der Waals surface area contributed by atoms with Crippen LogP contribution in [0, 0.1) is 25.7 Å². The van der Waals surface area contributed by atoms with Gasteiger partial charge in [-0.25, -0.2) is 0 Å². The number of fused-ring (bicyclic) bond motifs is 1. The molecule has 0 saturated carbocycles. The van der Waals surface area contributed by atoms with Crippen LogP contribution in [0.2, 0.25) is 0 Å². The topological polar surface area (TPSA) is 58.9 Å². The summed E-state index contributed by atoms with van der Waals surface area (Å²) in [5.74, 6) is 2.91. The highest BCUT2D eigenvalue weighted by molar-refractivity contribution is 5.89. The molecule has 2 atom stereocenters. The quantitative estimate of drug-likeness (QED) is 0.754. The Bertz CT molecular complexity index is 966. The van der Waals surface area contributed by atoms with Crippen LogP contribution in [0.15, 0.2) is 24.4 Å². The second-order valence-electron chi connectivity index (χ2n) is 8.17. The molecule has 0 amide bonds. The number of rotatable bonds is 3. The molecule has 1 N–H and O–H groups in total. The molecule has 1 aliphatic rings. The Kier molecular flexibility index (Phi) is 4.50. The Morgan fingerprint density at radius 3 is 2.52 bits per heavy atom. The van der Waals surface area contributed by atoms with Crippen LogP contribution in [-0.4, -0.2) is 32.8 Å². The van der Waals surface area contributed by atoms with Gasteiger partial charge in [0.25, 0.3) is 0 Å². The third-order valence-electron chi connectivity index (χ3n) is 5.37. The van der Waals surface area contributed by atoms with E-state index in [1.165, 1.54) is 17.5 Å². The van der Waals surface area contributed by atoms with Crippen molar-refractivity contribution in [1.82, 2.24) is 19.7 Å². The van der Waals surface area contributed by atoms with E-state index in [1.807, 2.05) is 17.9 Å². The molecule has 0 bridgehead atoms. The summed E-state index contributed by atoms with van der Waals surface area (Å²) in [5, 5.41) is 8.88. The number of hydrogen-bond donors (Lipinski definition) is 1. The summed E-state index contributed by atoms with van der Waals surface area (Å²) in [6, 6.07) is 6.41. The smallest absolute Gasteiger partial charge is 0.229 e. The summed E-state index contributed by atoms with van der Waals surface area (Å²) in [6.07, 6.45) is 3.10. The molecule has 1 saturated heterocycles. The van der Waals surface area contributed by atoms with Crippen molar-refractivity contribution in [3.05, 3.63) is 35.5 Å². The molecule has 27 heavy (non-hydrogen) atoms. The number of aryl methyl sites for hydroxylation is 3. The van der Waals surface area contributed by atoms with Crippen LogP contribution in [0.3, 0.4) is 0 Å². The fraction of sp³-hybridized carbons (Fsp3) is 0.476. The van der Waals surface area contributed by atoms with E-state index in [9.17, 15) is 0 Å². The van der Waals surface area contributed by atoms with Gasteiger partial charge in [0.05, 0.1) is 11.6 Å². The van der Waals surface area contributed by atoms with Crippen molar-refractivity contribution < 1.29 is 0 Å². The summed E-state index contributed by atoms with van der Waals surface area (Å²) in [7, 11) is 1.93. The molecule has 2 aromatic heterocycles. The van der Waals surface area contributed by atoms with Gasteiger partial charge in [-0.3, -0.25) is 4.68 Å². The molecule has 1 fully saturated rings. The van der Waals surface area contributed by atoms with Gasteiger partial charge >= 0.3 is 0 Å². The predicted octanol–water partition coefficient (Wildman–Crippen LogP) is 4.21. The van der Waals surface area contributed by atoms with E-state index in [1.54, 1.807) is 0 Å². The molecule has 0 radical (unpaired) electrons. The molecule has 6 nitrogen and oxygen atoms in total. The minimum Gasteiger partial charge on any atom is -0.340 e. The van der Waals surface area contributed by atoms with Gasteiger partial charge in [0.15, 0.2) is 5.65 Å². The van der Waals surface area contributed by atoms with Crippen LogP contribution < -0.4 is 10.2 Å².